The maximum atomic E-state index is 5.68. The largest absolute Gasteiger partial charge is 0.493 e. The molecule has 0 unspecified atom stereocenters. The van der Waals surface area contributed by atoms with Gasteiger partial charge in [0.25, 0.3) is 0 Å². The summed E-state index contributed by atoms with van der Waals surface area (Å²) in [5.41, 5.74) is 2.78. The van der Waals surface area contributed by atoms with E-state index in [9.17, 15) is 0 Å². The first kappa shape index (κ1) is 24.7. The number of furan rings is 1. The van der Waals surface area contributed by atoms with Crippen molar-refractivity contribution in [1.29, 1.82) is 0 Å². The fourth-order valence-corrected chi connectivity index (χ4v) is 6.32. The van der Waals surface area contributed by atoms with Gasteiger partial charge in [-0.1, -0.05) is 36.4 Å². The van der Waals surface area contributed by atoms with E-state index in [1.807, 2.05) is 12.1 Å². The molecular weight excluding hydrogens is 470 g/mol. The number of likely N-dealkylation sites (tertiary alicyclic amines) is 1. The Bertz CT molecular complexity index is 1150. The average molecular weight is 506 g/mol. The summed E-state index contributed by atoms with van der Waals surface area (Å²) in [6.07, 6.45) is 6.00. The molecule has 0 radical (unpaired) electrons. The highest BCUT2D eigenvalue weighted by molar-refractivity contribution is 7.80. The molecule has 3 aromatic rings. The van der Waals surface area contributed by atoms with Gasteiger partial charge in [-0.25, -0.2) is 0 Å². The zero-order chi connectivity index (χ0) is 25.0. The highest BCUT2D eigenvalue weighted by Gasteiger charge is 2.51. The lowest BCUT2D eigenvalue weighted by atomic mass is 9.65. The quantitative estimate of drug-likeness (QED) is 0.417. The molecule has 1 saturated carbocycles. The van der Waals surface area contributed by atoms with Crippen LogP contribution < -0.4 is 20.1 Å². The minimum Gasteiger partial charge on any atom is -0.493 e. The van der Waals surface area contributed by atoms with Crippen LogP contribution in [0.15, 0.2) is 71.3 Å². The Morgan fingerprint density at radius 2 is 1.89 bits per heavy atom. The van der Waals surface area contributed by atoms with Crippen molar-refractivity contribution < 1.29 is 13.9 Å². The number of thiocarbonyl (C=S) groups is 1. The van der Waals surface area contributed by atoms with E-state index in [0.29, 0.717) is 23.7 Å². The lowest BCUT2D eigenvalue weighted by Gasteiger charge is -2.46. The van der Waals surface area contributed by atoms with Crippen LogP contribution in [0.2, 0.25) is 0 Å². The third kappa shape index (κ3) is 5.08. The van der Waals surface area contributed by atoms with Crippen LogP contribution in [0.25, 0.3) is 0 Å². The molecule has 6 nitrogen and oxygen atoms in total. The summed E-state index contributed by atoms with van der Waals surface area (Å²) in [4.78, 5) is 2.67. The van der Waals surface area contributed by atoms with Gasteiger partial charge in [0.2, 0.25) is 0 Å². The van der Waals surface area contributed by atoms with Crippen LogP contribution in [0.5, 0.6) is 11.5 Å². The van der Waals surface area contributed by atoms with Crippen LogP contribution in [0.1, 0.15) is 42.6 Å². The van der Waals surface area contributed by atoms with E-state index in [0.717, 1.165) is 56.0 Å². The van der Waals surface area contributed by atoms with Crippen LogP contribution in [0.3, 0.4) is 0 Å². The molecule has 2 heterocycles. The number of ether oxygens (including phenoxy) is 2. The second kappa shape index (κ2) is 10.9. The molecule has 190 valence electrons. The topological polar surface area (TPSA) is 58.9 Å². The van der Waals surface area contributed by atoms with Gasteiger partial charge in [-0.3, -0.25) is 4.90 Å². The molecule has 2 fully saturated rings. The standard InChI is InChI=1S/C29H35N3O3S/c1-33-25-11-10-22(17-26(25)34-2)29-13-12-23(31-28(36)30-19-24-9-6-16-35-24)18-27(29)32(15-14-29)20-21-7-4-3-5-8-21/h3-11,16-17,23,27H,12-15,18-20H2,1-2H3,(H2,30,31,36)/t23-,27+,29-/m0/s1. The first-order valence-electron chi connectivity index (χ1n) is 12.7. The van der Waals surface area contributed by atoms with Gasteiger partial charge < -0.3 is 24.5 Å². The Balaban J connectivity index is 1.36. The fraction of sp³-hybridized carbons (Fsp3) is 0.414. The van der Waals surface area contributed by atoms with Crippen molar-refractivity contribution in [3.05, 3.63) is 83.8 Å². The van der Waals surface area contributed by atoms with Crippen LogP contribution in [0.4, 0.5) is 0 Å². The smallest absolute Gasteiger partial charge is 0.166 e. The third-order valence-corrected chi connectivity index (χ3v) is 8.16. The number of benzene rings is 2. The highest BCUT2D eigenvalue weighted by atomic mass is 32.1. The van der Waals surface area contributed by atoms with E-state index >= 15 is 0 Å². The van der Waals surface area contributed by atoms with E-state index in [-0.39, 0.29) is 5.41 Å². The van der Waals surface area contributed by atoms with Gasteiger partial charge in [-0.05, 0) is 79.8 Å². The van der Waals surface area contributed by atoms with Crippen LogP contribution in [-0.4, -0.2) is 42.9 Å². The molecule has 0 spiro atoms. The van der Waals surface area contributed by atoms with Gasteiger partial charge in [0.1, 0.15) is 5.76 Å². The molecule has 2 aromatic carbocycles. The molecule has 0 bridgehead atoms. The van der Waals surface area contributed by atoms with Crippen molar-refractivity contribution >= 4 is 17.3 Å². The molecule has 36 heavy (non-hydrogen) atoms. The number of nitrogens with zero attached hydrogens (tertiary/aromatic N) is 1. The van der Waals surface area contributed by atoms with E-state index in [1.54, 1.807) is 20.5 Å². The Kier molecular flexibility index (Phi) is 7.48. The van der Waals surface area contributed by atoms with Gasteiger partial charge in [0.05, 0.1) is 27.0 Å². The molecule has 1 aliphatic heterocycles. The number of nitrogens with one attached hydrogen (secondary N) is 2. The Morgan fingerprint density at radius 3 is 2.64 bits per heavy atom. The molecular formula is C29H35N3O3S. The fourth-order valence-electron chi connectivity index (χ4n) is 6.08. The van der Waals surface area contributed by atoms with Crippen LogP contribution in [0, 0.1) is 0 Å². The first-order chi connectivity index (χ1) is 17.6. The average Bonchev–Trinajstić information content (AvgIpc) is 3.56. The van der Waals surface area contributed by atoms with Crippen molar-refractivity contribution in [1.82, 2.24) is 15.5 Å². The maximum Gasteiger partial charge on any atom is 0.166 e. The molecule has 0 amide bonds. The lowest BCUT2D eigenvalue weighted by molar-refractivity contribution is 0.134. The summed E-state index contributed by atoms with van der Waals surface area (Å²) < 4.78 is 16.6. The molecule has 3 atom stereocenters. The predicted octanol–water partition coefficient (Wildman–Crippen LogP) is 5.03. The monoisotopic (exact) mass is 505 g/mol. The van der Waals surface area contributed by atoms with Gasteiger partial charge in [0, 0.05) is 24.0 Å². The number of hydrogen-bond donors (Lipinski definition) is 2. The Morgan fingerprint density at radius 1 is 1.06 bits per heavy atom. The van der Waals surface area contributed by atoms with E-state index in [1.165, 1.54) is 11.1 Å². The maximum absolute atomic E-state index is 5.68. The zero-order valence-electron chi connectivity index (χ0n) is 21.0. The van der Waals surface area contributed by atoms with E-state index < -0.39 is 0 Å². The normalized spacial score (nSPS) is 23.6. The van der Waals surface area contributed by atoms with Gasteiger partial charge in [0.15, 0.2) is 16.6 Å². The van der Waals surface area contributed by atoms with Crippen LogP contribution in [-0.2, 0) is 18.5 Å². The molecule has 1 aliphatic carbocycles. The SMILES string of the molecule is COc1ccc([C@@]23CC[C@H](NC(=S)NCc4ccco4)C[C@H]2N(Cc2ccccc2)CC3)cc1OC. The van der Waals surface area contributed by atoms with E-state index in [4.69, 9.17) is 26.1 Å². The number of rotatable bonds is 8. The van der Waals surface area contributed by atoms with Gasteiger partial charge in [-0.15, -0.1) is 0 Å². The van der Waals surface area contributed by atoms with Crippen molar-refractivity contribution in [2.24, 2.45) is 0 Å². The molecule has 1 aromatic heterocycles. The van der Waals surface area contributed by atoms with E-state index in [2.05, 4.69) is 64.1 Å². The molecule has 7 heteroatoms. The summed E-state index contributed by atoms with van der Waals surface area (Å²) in [6.45, 7) is 2.61. The van der Waals surface area contributed by atoms with Crippen molar-refractivity contribution in [3.63, 3.8) is 0 Å². The number of fused-ring (bicyclic) bond motifs is 1. The van der Waals surface area contributed by atoms with Crippen molar-refractivity contribution in [2.75, 3.05) is 20.8 Å². The lowest BCUT2D eigenvalue weighted by Crippen LogP contribution is -2.53. The minimum atomic E-state index is 0.0791. The summed E-state index contributed by atoms with van der Waals surface area (Å²) in [6, 6.07) is 21.8. The third-order valence-electron chi connectivity index (χ3n) is 7.90. The molecule has 5 rings (SSSR count). The molecule has 2 N–H and O–H groups in total. The first-order valence-corrected chi connectivity index (χ1v) is 13.1. The Hall–Kier alpha value is -3.03. The number of hydrogen-bond acceptors (Lipinski definition) is 5. The number of methoxy groups -OCH3 is 2. The summed E-state index contributed by atoms with van der Waals surface area (Å²) in [5.74, 6) is 2.45. The second-order valence-corrected chi connectivity index (χ2v) is 10.2. The zero-order valence-corrected chi connectivity index (χ0v) is 21.9. The molecule has 1 saturated heterocycles. The summed E-state index contributed by atoms with van der Waals surface area (Å²) in [7, 11) is 3.40. The van der Waals surface area contributed by atoms with Crippen molar-refractivity contribution in [2.45, 2.75) is 56.3 Å². The minimum absolute atomic E-state index is 0.0791. The predicted molar refractivity (Wildman–Crippen MR) is 145 cm³/mol. The van der Waals surface area contributed by atoms with Gasteiger partial charge in [-0.2, -0.15) is 0 Å². The Labute approximate surface area is 219 Å². The van der Waals surface area contributed by atoms with Crippen molar-refractivity contribution in [3.8, 4) is 11.5 Å². The highest BCUT2D eigenvalue weighted by Crippen LogP contribution is 2.50. The second-order valence-electron chi connectivity index (χ2n) is 9.83. The molecule has 2 aliphatic rings. The van der Waals surface area contributed by atoms with Gasteiger partial charge >= 0.3 is 0 Å². The summed E-state index contributed by atoms with van der Waals surface area (Å²) in [5, 5.41) is 7.57. The summed E-state index contributed by atoms with van der Waals surface area (Å²) >= 11 is 5.64. The van der Waals surface area contributed by atoms with Crippen LogP contribution >= 0.6 is 12.2 Å².